The van der Waals surface area contributed by atoms with Crippen molar-refractivity contribution in [2.75, 3.05) is 19.7 Å². The van der Waals surface area contributed by atoms with Crippen LogP contribution in [0.2, 0.25) is 0 Å². The summed E-state index contributed by atoms with van der Waals surface area (Å²) in [6.07, 6.45) is 1.75. The van der Waals surface area contributed by atoms with Gasteiger partial charge in [-0.1, -0.05) is 20.8 Å². The van der Waals surface area contributed by atoms with Crippen molar-refractivity contribution < 1.29 is 13.2 Å². The minimum absolute atomic E-state index is 0.0245. The van der Waals surface area contributed by atoms with E-state index in [0.717, 1.165) is 30.7 Å². The average molecular weight is 326 g/mol. The molecule has 5 nitrogen and oxygen atoms in total. The molecule has 0 aromatic heterocycles. The van der Waals surface area contributed by atoms with Crippen LogP contribution in [0.5, 0.6) is 5.75 Å². The van der Waals surface area contributed by atoms with Crippen molar-refractivity contribution in [2.24, 2.45) is 0 Å². The first-order chi connectivity index (χ1) is 10.4. The molecule has 0 radical (unpaired) electrons. The molecule has 1 atom stereocenters. The van der Waals surface area contributed by atoms with Gasteiger partial charge < -0.3 is 10.1 Å². The maximum Gasteiger partial charge on any atom is 0.240 e. The van der Waals surface area contributed by atoms with E-state index < -0.39 is 10.0 Å². The molecular weight excluding hydrogens is 300 g/mol. The van der Waals surface area contributed by atoms with E-state index in [1.165, 1.54) is 0 Å². The fourth-order valence-electron chi connectivity index (χ4n) is 2.53. The number of sulfonamides is 1. The first kappa shape index (κ1) is 17.2. The zero-order chi connectivity index (χ0) is 16.2. The minimum atomic E-state index is -3.48. The third-order valence-corrected chi connectivity index (χ3v) is 5.28. The zero-order valence-electron chi connectivity index (χ0n) is 13.6. The molecule has 124 valence electrons. The highest BCUT2D eigenvalue weighted by Gasteiger charge is 2.24. The van der Waals surface area contributed by atoms with Gasteiger partial charge in [0.15, 0.2) is 0 Å². The molecule has 2 N–H and O–H groups in total. The Morgan fingerprint density at radius 2 is 2.18 bits per heavy atom. The summed E-state index contributed by atoms with van der Waals surface area (Å²) in [7, 11) is -3.48. The molecular formula is C16H26N2O3S. The third-order valence-electron chi connectivity index (χ3n) is 3.76. The summed E-state index contributed by atoms with van der Waals surface area (Å²) >= 11 is 0. The lowest BCUT2D eigenvalue weighted by Gasteiger charge is -2.17. The van der Waals surface area contributed by atoms with Crippen LogP contribution in [0.4, 0.5) is 0 Å². The Kier molecular flexibility index (Phi) is 5.83. The molecule has 1 aliphatic rings. The summed E-state index contributed by atoms with van der Waals surface area (Å²) in [6.45, 7) is 8.31. The second-order valence-corrected chi connectivity index (χ2v) is 7.73. The van der Waals surface area contributed by atoms with Gasteiger partial charge in [0.2, 0.25) is 10.0 Å². The van der Waals surface area contributed by atoms with E-state index in [4.69, 9.17) is 4.74 Å². The number of hydrogen-bond donors (Lipinski definition) is 2. The van der Waals surface area contributed by atoms with Gasteiger partial charge in [0, 0.05) is 12.6 Å². The molecule has 0 saturated carbocycles. The molecule has 1 fully saturated rings. The van der Waals surface area contributed by atoms with Gasteiger partial charge in [-0.25, -0.2) is 13.1 Å². The van der Waals surface area contributed by atoms with Crippen LogP contribution in [-0.2, 0) is 10.0 Å². The van der Waals surface area contributed by atoms with Crippen LogP contribution in [0.25, 0.3) is 0 Å². The standard InChI is InChI=1S/C16H26N2O3S/c1-4-9-21-16-6-5-14(10-15(16)12(2)3)22(19,20)18-13-7-8-17-11-13/h5-6,10,12-13,17-18H,4,7-9,11H2,1-3H3/t13-/m1/s1. The predicted molar refractivity (Wildman–Crippen MR) is 87.9 cm³/mol. The Hall–Kier alpha value is -1.11. The van der Waals surface area contributed by atoms with Crippen molar-refractivity contribution in [3.8, 4) is 5.75 Å². The highest BCUT2D eigenvalue weighted by Crippen LogP contribution is 2.29. The van der Waals surface area contributed by atoms with Crippen molar-refractivity contribution in [3.63, 3.8) is 0 Å². The first-order valence-electron chi connectivity index (χ1n) is 7.94. The quantitative estimate of drug-likeness (QED) is 0.806. The van der Waals surface area contributed by atoms with E-state index in [-0.39, 0.29) is 12.0 Å². The largest absolute Gasteiger partial charge is 0.493 e. The highest BCUT2D eigenvalue weighted by atomic mass is 32.2. The van der Waals surface area contributed by atoms with Gasteiger partial charge in [0.25, 0.3) is 0 Å². The monoisotopic (exact) mass is 326 g/mol. The van der Waals surface area contributed by atoms with Crippen LogP contribution < -0.4 is 14.8 Å². The summed E-state index contributed by atoms with van der Waals surface area (Å²) in [6, 6.07) is 5.11. The molecule has 0 bridgehead atoms. The van der Waals surface area contributed by atoms with Crippen LogP contribution >= 0.6 is 0 Å². The van der Waals surface area contributed by atoms with Crippen LogP contribution in [0, 0.1) is 0 Å². The van der Waals surface area contributed by atoms with Crippen molar-refractivity contribution in [3.05, 3.63) is 23.8 Å². The SMILES string of the molecule is CCCOc1ccc(S(=O)(=O)N[C@@H]2CCNC2)cc1C(C)C. The smallest absolute Gasteiger partial charge is 0.240 e. The molecule has 6 heteroatoms. The summed E-state index contributed by atoms with van der Waals surface area (Å²) < 4.78 is 33.5. The van der Waals surface area contributed by atoms with Crippen molar-refractivity contribution in [1.82, 2.24) is 10.0 Å². The number of nitrogens with one attached hydrogen (secondary N) is 2. The number of ether oxygens (including phenoxy) is 1. The summed E-state index contributed by atoms with van der Waals surface area (Å²) in [5, 5.41) is 3.16. The van der Waals surface area contributed by atoms with Crippen molar-refractivity contribution in [2.45, 2.75) is 50.5 Å². The Bertz CT molecular complexity index is 593. The molecule has 1 saturated heterocycles. The van der Waals surface area contributed by atoms with Crippen LogP contribution in [-0.4, -0.2) is 34.2 Å². The molecule has 0 spiro atoms. The minimum Gasteiger partial charge on any atom is -0.493 e. The van der Waals surface area contributed by atoms with Gasteiger partial charge in [-0.3, -0.25) is 0 Å². The van der Waals surface area contributed by atoms with E-state index in [1.807, 2.05) is 20.8 Å². The lowest BCUT2D eigenvalue weighted by Crippen LogP contribution is -2.36. The van der Waals surface area contributed by atoms with E-state index in [0.29, 0.717) is 18.0 Å². The maximum absolute atomic E-state index is 12.5. The molecule has 0 amide bonds. The lowest BCUT2D eigenvalue weighted by molar-refractivity contribution is 0.312. The van der Waals surface area contributed by atoms with Gasteiger partial charge in [0.1, 0.15) is 5.75 Å². The van der Waals surface area contributed by atoms with Crippen LogP contribution in [0.1, 0.15) is 45.1 Å². The molecule has 1 aromatic rings. The molecule has 2 rings (SSSR count). The second-order valence-electron chi connectivity index (χ2n) is 6.01. The summed E-state index contributed by atoms with van der Waals surface area (Å²) in [5.41, 5.74) is 0.931. The van der Waals surface area contributed by atoms with E-state index in [2.05, 4.69) is 10.0 Å². The van der Waals surface area contributed by atoms with Gasteiger partial charge in [-0.2, -0.15) is 0 Å². The van der Waals surface area contributed by atoms with Gasteiger partial charge in [-0.15, -0.1) is 0 Å². The normalized spacial score (nSPS) is 18.8. The van der Waals surface area contributed by atoms with E-state index >= 15 is 0 Å². The Morgan fingerprint density at radius 1 is 1.41 bits per heavy atom. The molecule has 0 aliphatic carbocycles. The van der Waals surface area contributed by atoms with E-state index in [9.17, 15) is 8.42 Å². The molecule has 1 aliphatic heterocycles. The summed E-state index contributed by atoms with van der Waals surface area (Å²) in [4.78, 5) is 0.312. The lowest BCUT2D eigenvalue weighted by atomic mass is 10.0. The zero-order valence-corrected chi connectivity index (χ0v) is 14.4. The molecule has 0 unspecified atom stereocenters. The topological polar surface area (TPSA) is 67.4 Å². The Labute approximate surface area is 133 Å². The third kappa shape index (κ3) is 4.21. The Morgan fingerprint density at radius 3 is 2.77 bits per heavy atom. The second kappa shape index (κ2) is 7.44. The molecule has 1 aromatic carbocycles. The maximum atomic E-state index is 12.5. The van der Waals surface area contributed by atoms with E-state index in [1.54, 1.807) is 18.2 Å². The molecule has 1 heterocycles. The number of hydrogen-bond acceptors (Lipinski definition) is 4. The van der Waals surface area contributed by atoms with Gasteiger partial charge in [-0.05, 0) is 49.1 Å². The first-order valence-corrected chi connectivity index (χ1v) is 9.42. The predicted octanol–water partition coefficient (Wildman–Crippen LogP) is 2.24. The fraction of sp³-hybridized carbons (Fsp3) is 0.625. The highest BCUT2D eigenvalue weighted by molar-refractivity contribution is 7.89. The van der Waals surface area contributed by atoms with Crippen molar-refractivity contribution >= 4 is 10.0 Å². The summed E-state index contributed by atoms with van der Waals surface area (Å²) in [5.74, 6) is 0.980. The molecule has 22 heavy (non-hydrogen) atoms. The van der Waals surface area contributed by atoms with Gasteiger partial charge >= 0.3 is 0 Å². The van der Waals surface area contributed by atoms with Crippen LogP contribution in [0.15, 0.2) is 23.1 Å². The van der Waals surface area contributed by atoms with Crippen molar-refractivity contribution in [1.29, 1.82) is 0 Å². The van der Waals surface area contributed by atoms with Gasteiger partial charge in [0.05, 0.1) is 11.5 Å². The average Bonchev–Trinajstić information content (AvgIpc) is 2.96. The van der Waals surface area contributed by atoms with Crippen LogP contribution in [0.3, 0.4) is 0 Å². The fourth-order valence-corrected chi connectivity index (χ4v) is 3.84. The Balaban J connectivity index is 2.24. The number of benzene rings is 1. The number of rotatable bonds is 7.